The number of amides is 2. The molecule has 0 bridgehead atoms. The van der Waals surface area contributed by atoms with Crippen LogP contribution in [0, 0.1) is 0 Å². The highest BCUT2D eigenvalue weighted by Crippen LogP contribution is 2.08. The lowest BCUT2D eigenvalue weighted by Crippen LogP contribution is -2.43. The summed E-state index contributed by atoms with van der Waals surface area (Å²) in [5.41, 5.74) is 0.754. The summed E-state index contributed by atoms with van der Waals surface area (Å²) in [7, 11) is 0. The van der Waals surface area contributed by atoms with E-state index in [0.717, 1.165) is 31.4 Å². The van der Waals surface area contributed by atoms with Crippen molar-refractivity contribution in [2.75, 3.05) is 5.32 Å². The van der Waals surface area contributed by atoms with E-state index < -0.39 is 6.04 Å². The maximum atomic E-state index is 12.2. The summed E-state index contributed by atoms with van der Waals surface area (Å²) < 4.78 is 0. The van der Waals surface area contributed by atoms with Gasteiger partial charge >= 0.3 is 0 Å². The molecular formula is C17H26N2O2. The van der Waals surface area contributed by atoms with Crippen molar-refractivity contribution in [2.45, 2.75) is 58.4 Å². The smallest absolute Gasteiger partial charge is 0.246 e. The van der Waals surface area contributed by atoms with Crippen LogP contribution < -0.4 is 10.6 Å². The molecule has 1 aromatic rings. The predicted octanol–water partition coefficient (Wildman–Crippen LogP) is 3.49. The Bertz CT molecular complexity index is 432. The number of rotatable bonds is 9. The van der Waals surface area contributed by atoms with Crippen molar-refractivity contribution in [3.05, 3.63) is 30.3 Å². The lowest BCUT2D eigenvalue weighted by atomic mass is 10.1. The van der Waals surface area contributed by atoms with Crippen LogP contribution in [-0.4, -0.2) is 17.9 Å². The Kier molecular flexibility index (Phi) is 8.17. The van der Waals surface area contributed by atoms with Gasteiger partial charge in [0.1, 0.15) is 6.04 Å². The SMILES string of the molecule is CCCCCC(=O)N[C@@H](CCC)C(=O)Nc1ccccc1. The third-order valence-corrected chi connectivity index (χ3v) is 3.28. The molecule has 0 spiro atoms. The Morgan fingerprint density at radius 1 is 1.05 bits per heavy atom. The first kappa shape index (κ1) is 17.2. The number of benzene rings is 1. The summed E-state index contributed by atoms with van der Waals surface area (Å²) in [6.45, 7) is 4.11. The molecule has 0 saturated carbocycles. The fourth-order valence-electron chi connectivity index (χ4n) is 2.11. The molecule has 21 heavy (non-hydrogen) atoms. The minimum atomic E-state index is -0.454. The van der Waals surface area contributed by atoms with E-state index in [4.69, 9.17) is 0 Å². The van der Waals surface area contributed by atoms with Gasteiger partial charge in [0.05, 0.1) is 0 Å². The van der Waals surface area contributed by atoms with Gasteiger partial charge < -0.3 is 10.6 Å². The van der Waals surface area contributed by atoms with Gasteiger partial charge in [0.25, 0.3) is 0 Å². The second kappa shape index (κ2) is 9.97. The number of hydrogen-bond donors (Lipinski definition) is 2. The van der Waals surface area contributed by atoms with Crippen LogP contribution in [0.25, 0.3) is 0 Å². The number of anilines is 1. The Morgan fingerprint density at radius 2 is 1.76 bits per heavy atom. The second-order valence-electron chi connectivity index (χ2n) is 5.22. The van der Waals surface area contributed by atoms with E-state index >= 15 is 0 Å². The number of para-hydroxylation sites is 1. The van der Waals surface area contributed by atoms with Gasteiger partial charge in [-0.25, -0.2) is 0 Å². The molecule has 0 aliphatic carbocycles. The van der Waals surface area contributed by atoms with Crippen LogP contribution in [0.5, 0.6) is 0 Å². The molecule has 4 nitrogen and oxygen atoms in total. The van der Waals surface area contributed by atoms with Gasteiger partial charge in [0, 0.05) is 12.1 Å². The highest BCUT2D eigenvalue weighted by molar-refractivity contribution is 5.97. The first-order valence-corrected chi connectivity index (χ1v) is 7.82. The molecule has 4 heteroatoms. The van der Waals surface area contributed by atoms with E-state index in [9.17, 15) is 9.59 Å². The number of nitrogens with one attached hydrogen (secondary N) is 2. The number of carbonyl (C=O) groups excluding carboxylic acids is 2. The Labute approximate surface area is 127 Å². The zero-order valence-electron chi connectivity index (χ0n) is 13.0. The molecule has 1 rings (SSSR count). The molecule has 0 aliphatic heterocycles. The molecule has 116 valence electrons. The van der Waals surface area contributed by atoms with Crippen molar-refractivity contribution in [2.24, 2.45) is 0 Å². The minimum absolute atomic E-state index is 0.0369. The predicted molar refractivity (Wildman–Crippen MR) is 86.1 cm³/mol. The third kappa shape index (κ3) is 6.93. The molecule has 0 heterocycles. The molecule has 2 N–H and O–H groups in total. The molecule has 0 aliphatic rings. The quantitative estimate of drug-likeness (QED) is 0.684. The third-order valence-electron chi connectivity index (χ3n) is 3.28. The van der Waals surface area contributed by atoms with Crippen LogP contribution in [0.4, 0.5) is 5.69 Å². The molecule has 2 amide bonds. The van der Waals surface area contributed by atoms with Crippen LogP contribution in [0.1, 0.15) is 52.4 Å². The van der Waals surface area contributed by atoms with E-state index in [2.05, 4.69) is 17.6 Å². The van der Waals surface area contributed by atoms with E-state index in [0.29, 0.717) is 12.8 Å². The van der Waals surface area contributed by atoms with Gasteiger partial charge in [-0.15, -0.1) is 0 Å². The van der Waals surface area contributed by atoms with Crippen LogP contribution >= 0.6 is 0 Å². The van der Waals surface area contributed by atoms with Crippen molar-refractivity contribution in [1.29, 1.82) is 0 Å². The largest absolute Gasteiger partial charge is 0.344 e. The Balaban J connectivity index is 2.51. The number of hydrogen-bond acceptors (Lipinski definition) is 2. The van der Waals surface area contributed by atoms with E-state index in [-0.39, 0.29) is 11.8 Å². The zero-order chi connectivity index (χ0) is 15.5. The Morgan fingerprint density at radius 3 is 2.38 bits per heavy atom. The van der Waals surface area contributed by atoms with Gasteiger partial charge in [-0.1, -0.05) is 51.3 Å². The van der Waals surface area contributed by atoms with Crippen LogP contribution in [0.3, 0.4) is 0 Å². The summed E-state index contributed by atoms with van der Waals surface area (Å²) in [6, 6.07) is 8.86. The normalized spacial score (nSPS) is 11.7. The van der Waals surface area contributed by atoms with Gasteiger partial charge in [0.15, 0.2) is 0 Å². The molecule has 0 unspecified atom stereocenters. The highest BCUT2D eigenvalue weighted by atomic mass is 16.2. The average Bonchev–Trinajstić information content (AvgIpc) is 2.48. The van der Waals surface area contributed by atoms with Gasteiger partial charge in [-0.2, -0.15) is 0 Å². The summed E-state index contributed by atoms with van der Waals surface area (Å²) in [5.74, 6) is -0.183. The van der Waals surface area contributed by atoms with Crippen molar-refractivity contribution in [3.63, 3.8) is 0 Å². The lowest BCUT2D eigenvalue weighted by molar-refractivity contribution is -0.126. The van der Waals surface area contributed by atoms with Crippen molar-refractivity contribution >= 4 is 17.5 Å². The summed E-state index contributed by atoms with van der Waals surface area (Å²) in [5, 5.41) is 5.69. The topological polar surface area (TPSA) is 58.2 Å². The molecule has 1 atom stereocenters. The highest BCUT2D eigenvalue weighted by Gasteiger charge is 2.19. The van der Waals surface area contributed by atoms with Crippen LogP contribution in [-0.2, 0) is 9.59 Å². The zero-order valence-corrected chi connectivity index (χ0v) is 13.0. The maximum absolute atomic E-state index is 12.2. The van der Waals surface area contributed by atoms with E-state index in [1.807, 2.05) is 37.3 Å². The second-order valence-corrected chi connectivity index (χ2v) is 5.22. The number of unbranched alkanes of at least 4 members (excludes halogenated alkanes) is 2. The first-order chi connectivity index (χ1) is 10.2. The average molecular weight is 290 g/mol. The summed E-state index contributed by atoms with van der Waals surface area (Å²) >= 11 is 0. The molecule has 1 aromatic carbocycles. The van der Waals surface area contributed by atoms with Gasteiger partial charge in [-0.3, -0.25) is 9.59 Å². The molecule has 0 saturated heterocycles. The fraction of sp³-hybridized carbons (Fsp3) is 0.529. The Hall–Kier alpha value is -1.84. The van der Waals surface area contributed by atoms with Crippen LogP contribution in [0.2, 0.25) is 0 Å². The fourth-order valence-corrected chi connectivity index (χ4v) is 2.11. The van der Waals surface area contributed by atoms with Crippen molar-refractivity contribution in [3.8, 4) is 0 Å². The molecule has 0 fully saturated rings. The molecule has 0 aromatic heterocycles. The molecule has 0 radical (unpaired) electrons. The van der Waals surface area contributed by atoms with Crippen LogP contribution in [0.15, 0.2) is 30.3 Å². The minimum Gasteiger partial charge on any atom is -0.344 e. The van der Waals surface area contributed by atoms with Gasteiger partial charge in [0.2, 0.25) is 11.8 Å². The standard InChI is InChI=1S/C17H26N2O2/c1-3-5-7-13-16(20)19-15(10-4-2)17(21)18-14-11-8-6-9-12-14/h6,8-9,11-12,15H,3-5,7,10,13H2,1-2H3,(H,18,21)(H,19,20)/t15-/m0/s1. The summed E-state index contributed by atoms with van der Waals surface area (Å²) in [6.07, 6.45) is 5.00. The molecular weight excluding hydrogens is 264 g/mol. The van der Waals surface area contributed by atoms with Gasteiger partial charge in [-0.05, 0) is 25.0 Å². The van der Waals surface area contributed by atoms with Crippen molar-refractivity contribution in [1.82, 2.24) is 5.32 Å². The lowest BCUT2D eigenvalue weighted by Gasteiger charge is -2.18. The van der Waals surface area contributed by atoms with E-state index in [1.54, 1.807) is 0 Å². The first-order valence-electron chi connectivity index (χ1n) is 7.82. The number of carbonyl (C=O) groups is 2. The maximum Gasteiger partial charge on any atom is 0.246 e. The van der Waals surface area contributed by atoms with E-state index in [1.165, 1.54) is 0 Å². The summed E-state index contributed by atoms with van der Waals surface area (Å²) in [4.78, 5) is 24.1. The van der Waals surface area contributed by atoms with Crippen molar-refractivity contribution < 1.29 is 9.59 Å². The monoisotopic (exact) mass is 290 g/mol.